The van der Waals surface area contributed by atoms with Gasteiger partial charge in [-0.3, -0.25) is 4.90 Å². The van der Waals surface area contributed by atoms with Crippen LogP contribution in [0.15, 0.2) is 18.2 Å². The van der Waals surface area contributed by atoms with E-state index in [2.05, 4.69) is 18.7 Å². The van der Waals surface area contributed by atoms with Crippen molar-refractivity contribution in [3.8, 4) is 0 Å². The Kier molecular flexibility index (Phi) is 4.82. The molecule has 112 valence electrons. The van der Waals surface area contributed by atoms with Crippen LogP contribution < -0.4 is 5.73 Å². The van der Waals surface area contributed by atoms with Crippen molar-refractivity contribution in [3.05, 3.63) is 35.1 Å². The van der Waals surface area contributed by atoms with Crippen molar-refractivity contribution in [2.75, 3.05) is 13.1 Å². The number of nitrogens with two attached hydrogens (primary N) is 1. The molecule has 2 unspecified atom stereocenters. The summed E-state index contributed by atoms with van der Waals surface area (Å²) in [5, 5.41) is 0. The molecule has 3 heteroatoms. The Morgan fingerprint density at radius 3 is 2.50 bits per heavy atom. The average molecular weight is 278 g/mol. The number of benzene rings is 1. The Balaban J connectivity index is 2.26. The van der Waals surface area contributed by atoms with Crippen molar-refractivity contribution in [2.24, 2.45) is 5.73 Å². The SMILES string of the molecule is CCC(C)(C(N)c1ccc(F)c(C)c1)N1CCCCC1. The van der Waals surface area contributed by atoms with Gasteiger partial charge in [-0.05, 0) is 63.4 Å². The molecule has 0 radical (unpaired) electrons. The minimum absolute atomic E-state index is 0.0509. The monoisotopic (exact) mass is 278 g/mol. The molecule has 1 aromatic carbocycles. The van der Waals surface area contributed by atoms with Crippen LogP contribution in [0, 0.1) is 12.7 Å². The first kappa shape index (κ1) is 15.5. The van der Waals surface area contributed by atoms with Gasteiger partial charge in [-0.2, -0.15) is 0 Å². The van der Waals surface area contributed by atoms with Gasteiger partial charge in [0, 0.05) is 11.6 Å². The standard InChI is InChI=1S/C17H27FN2/c1-4-17(3,20-10-6-5-7-11-20)16(19)14-8-9-15(18)13(2)12-14/h8-9,12,16H,4-7,10-11,19H2,1-3H3. The highest BCUT2D eigenvalue weighted by Gasteiger charge is 2.37. The number of piperidine rings is 1. The quantitative estimate of drug-likeness (QED) is 0.908. The van der Waals surface area contributed by atoms with Crippen molar-refractivity contribution < 1.29 is 4.39 Å². The Bertz CT molecular complexity index is 454. The van der Waals surface area contributed by atoms with E-state index in [1.54, 1.807) is 6.92 Å². The predicted octanol–water partition coefficient (Wildman–Crippen LogP) is 3.79. The summed E-state index contributed by atoms with van der Waals surface area (Å²) >= 11 is 0. The number of hydrogen-bond donors (Lipinski definition) is 1. The van der Waals surface area contributed by atoms with E-state index in [4.69, 9.17) is 5.73 Å². The minimum atomic E-state index is -0.155. The maximum absolute atomic E-state index is 13.4. The zero-order valence-electron chi connectivity index (χ0n) is 13.0. The van der Waals surface area contributed by atoms with Crippen LogP contribution in [-0.2, 0) is 0 Å². The van der Waals surface area contributed by atoms with Crippen LogP contribution in [0.1, 0.15) is 56.7 Å². The lowest BCUT2D eigenvalue weighted by atomic mass is 9.82. The molecule has 0 amide bonds. The molecule has 2 N–H and O–H groups in total. The molecule has 0 aromatic heterocycles. The summed E-state index contributed by atoms with van der Waals surface area (Å²) in [5.74, 6) is -0.155. The van der Waals surface area contributed by atoms with Gasteiger partial charge >= 0.3 is 0 Å². The van der Waals surface area contributed by atoms with Crippen LogP contribution in [0.2, 0.25) is 0 Å². The average Bonchev–Trinajstić information content (AvgIpc) is 2.49. The van der Waals surface area contributed by atoms with E-state index in [0.29, 0.717) is 5.56 Å². The first-order valence-electron chi connectivity index (χ1n) is 7.75. The molecule has 1 aromatic rings. The van der Waals surface area contributed by atoms with E-state index < -0.39 is 0 Å². The van der Waals surface area contributed by atoms with E-state index in [-0.39, 0.29) is 17.4 Å². The molecule has 1 fully saturated rings. The van der Waals surface area contributed by atoms with Crippen molar-refractivity contribution in [3.63, 3.8) is 0 Å². The predicted molar refractivity (Wildman–Crippen MR) is 82.2 cm³/mol. The molecule has 0 saturated carbocycles. The third-order valence-electron chi connectivity index (χ3n) is 5.01. The van der Waals surface area contributed by atoms with Gasteiger partial charge in [0.05, 0.1) is 0 Å². The highest BCUT2D eigenvalue weighted by molar-refractivity contribution is 5.28. The van der Waals surface area contributed by atoms with E-state index in [1.807, 2.05) is 12.1 Å². The fourth-order valence-electron chi connectivity index (χ4n) is 3.27. The molecule has 0 spiro atoms. The summed E-state index contributed by atoms with van der Waals surface area (Å²) in [5.41, 5.74) is 8.24. The molecule has 1 saturated heterocycles. The fourth-order valence-corrected chi connectivity index (χ4v) is 3.27. The van der Waals surface area contributed by atoms with Gasteiger partial charge < -0.3 is 5.73 Å². The van der Waals surface area contributed by atoms with Crippen molar-refractivity contribution in [2.45, 2.75) is 58.0 Å². The lowest BCUT2D eigenvalue weighted by molar-refractivity contribution is 0.0542. The third kappa shape index (κ3) is 2.89. The van der Waals surface area contributed by atoms with Gasteiger partial charge in [0.15, 0.2) is 0 Å². The molecule has 0 bridgehead atoms. The zero-order chi connectivity index (χ0) is 14.8. The van der Waals surface area contributed by atoms with E-state index in [1.165, 1.54) is 25.3 Å². The van der Waals surface area contributed by atoms with Gasteiger partial charge in [-0.25, -0.2) is 4.39 Å². The minimum Gasteiger partial charge on any atom is -0.322 e. The zero-order valence-corrected chi connectivity index (χ0v) is 13.0. The number of hydrogen-bond acceptors (Lipinski definition) is 2. The molecule has 2 rings (SSSR count). The van der Waals surface area contributed by atoms with Crippen LogP contribution in [0.25, 0.3) is 0 Å². The van der Waals surface area contributed by atoms with Gasteiger partial charge in [-0.1, -0.05) is 25.5 Å². The summed E-state index contributed by atoms with van der Waals surface area (Å²) in [7, 11) is 0. The number of aryl methyl sites for hydroxylation is 1. The van der Waals surface area contributed by atoms with Crippen LogP contribution in [-0.4, -0.2) is 23.5 Å². The maximum Gasteiger partial charge on any atom is 0.126 e. The third-order valence-corrected chi connectivity index (χ3v) is 5.01. The molecular weight excluding hydrogens is 251 g/mol. The largest absolute Gasteiger partial charge is 0.322 e. The Morgan fingerprint density at radius 1 is 1.30 bits per heavy atom. The lowest BCUT2D eigenvalue weighted by Gasteiger charge is -2.47. The fraction of sp³-hybridized carbons (Fsp3) is 0.647. The summed E-state index contributed by atoms with van der Waals surface area (Å²) in [6.07, 6.45) is 4.83. The second-order valence-corrected chi connectivity index (χ2v) is 6.24. The topological polar surface area (TPSA) is 29.3 Å². The van der Waals surface area contributed by atoms with Crippen molar-refractivity contribution >= 4 is 0 Å². The van der Waals surface area contributed by atoms with Crippen LogP contribution >= 0.6 is 0 Å². The van der Waals surface area contributed by atoms with Gasteiger partial charge in [0.2, 0.25) is 0 Å². The second kappa shape index (κ2) is 6.23. The van der Waals surface area contributed by atoms with Crippen LogP contribution in [0.4, 0.5) is 4.39 Å². The summed E-state index contributed by atoms with van der Waals surface area (Å²) < 4.78 is 13.4. The van der Waals surface area contributed by atoms with Gasteiger partial charge in [-0.15, -0.1) is 0 Å². The lowest BCUT2D eigenvalue weighted by Crippen LogP contribution is -2.54. The molecule has 1 aliphatic rings. The number of nitrogens with zero attached hydrogens (tertiary/aromatic N) is 1. The number of rotatable bonds is 4. The van der Waals surface area contributed by atoms with Crippen molar-refractivity contribution in [1.29, 1.82) is 0 Å². The highest BCUT2D eigenvalue weighted by Crippen LogP contribution is 2.34. The molecule has 2 atom stereocenters. The first-order chi connectivity index (χ1) is 9.49. The summed E-state index contributed by atoms with van der Waals surface area (Å²) in [4.78, 5) is 2.53. The van der Waals surface area contributed by atoms with E-state index in [9.17, 15) is 4.39 Å². The summed E-state index contributed by atoms with van der Waals surface area (Å²) in [6.45, 7) is 8.50. The molecule has 20 heavy (non-hydrogen) atoms. The van der Waals surface area contributed by atoms with Gasteiger partial charge in [0.1, 0.15) is 5.82 Å². The molecule has 1 heterocycles. The second-order valence-electron chi connectivity index (χ2n) is 6.24. The van der Waals surface area contributed by atoms with E-state index >= 15 is 0 Å². The molecule has 1 aliphatic heterocycles. The Morgan fingerprint density at radius 2 is 1.95 bits per heavy atom. The van der Waals surface area contributed by atoms with Crippen LogP contribution in [0.3, 0.4) is 0 Å². The molecule has 0 aliphatic carbocycles. The normalized spacial score (nSPS) is 21.4. The summed E-state index contributed by atoms with van der Waals surface area (Å²) in [6, 6.07) is 5.20. The number of likely N-dealkylation sites (tertiary alicyclic amines) is 1. The smallest absolute Gasteiger partial charge is 0.126 e. The Hall–Kier alpha value is -0.930. The van der Waals surface area contributed by atoms with E-state index in [0.717, 1.165) is 25.1 Å². The van der Waals surface area contributed by atoms with Crippen molar-refractivity contribution in [1.82, 2.24) is 4.90 Å². The first-order valence-corrected chi connectivity index (χ1v) is 7.75. The number of halogens is 1. The molecule has 2 nitrogen and oxygen atoms in total. The Labute approximate surface area is 122 Å². The maximum atomic E-state index is 13.4. The van der Waals surface area contributed by atoms with Gasteiger partial charge in [0.25, 0.3) is 0 Å². The molecular formula is C17H27FN2. The van der Waals surface area contributed by atoms with Crippen LogP contribution in [0.5, 0.6) is 0 Å². The highest BCUT2D eigenvalue weighted by atomic mass is 19.1.